The van der Waals surface area contributed by atoms with Crippen LogP contribution in [0, 0.1) is 6.61 Å². The zero-order valence-corrected chi connectivity index (χ0v) is 4.71. The number of aliphatic hydroxyl groups excluding tert-OH is 2. The zero-order valence-electron chi connectivity index (χ0n) is 4.71. The van der Waals surface area contributed by atoms with Crippen molar-refractivity contribution in [3.8, 4) is 0 Å². The summed E-state index contributed by atoms with van der Waals surface area (Å²) in [5.74, 6) is 0. The first-order valence-electron chi connectivity index (χ1n) is 2.57. The van der Waals surface area contributed by atoms with Crippen LogP contribution in [0.1, 0.15) is 6.42 Å². The molecule has 0 rings (SSSR count). The van der Waals surface area contributed by atoms with E-state index in [0.717, 1.165) is 0 Å². The fourth-order valence-electron chi connectivity index (χ4n) is 0.284. The number of hydrogen-bond donors (Lipinski definition) is 2. The molecule has 49 valence electrons. The minimum atomic E-state index is -0.0641. The summed E-state index contributed by atoms with van der Waals surface area (Å²) in [4.78, 5) is 0. The lowest BCUT2D eigenvalue weighted by molar-refractivity contribution is 0.133. The van der Waals surface area contributed by atoms with Crippen LogP contribution < -0.4 is 0 Å². The van der Waals surface area contributed by atoms with Gasteiger partial charge in [0.15, 0.2) is 0 Å². The number of aliphatic hydroxyl groups is 2. The van der Waals surface area contributed by atoms with Crippen LogP contribution in [-0.2, 0) is 4.74 Å². The molecule has 0 atom stereocenters. The fraction of sp³-hybridized carbons (Fsp3) is 0.800. The highest BCUT2D eigenvalue weighted by molar-refractivity contribution is 4.43. The second kappa shape index (κ2) is 6.88. The minimum absolute atomic E-state index is 0.0641. The van der Waals surface area contributed by atoms with Gasteiger partial charge in [-0.15, -0.1) is 0 Å². The molecule has 8 heavy (non-hydrogen) atoms. The lowest BCUT2D eigenvalue weighted by Gasteiger charge is -1.96. The molecule has 0 saturated heterocycles. The molecule has 0 saturated carbocycles. The van der Waals surface area contributed by atoms with Gasteiger partial charge >= 0.3 is 0 Å². The van der Waals surface area contributed by atoms with Crippen LogP contribution in [0.3, 0.4) is 0 Å². The summed E-state index contributed by atoms with van der Waals surface area (Å²) >= 11 is 0. The molecule has 0 spiro atoms. The largest absolute Gasteiger partial charge is 0.396 e. The maximum Gasteiger partial charge on any atom is 0.109 e. The summed E-state index contributed by atoms with van der Waals surface area (Å²) < 4.78 is 4.69. The van der Waals surface area contributed by atoms with E-state index in [1.165, 1.54) is 6.61 Å². The Balaban J connectivity index is 2.53. The Bertz CT molecular complexity index is 32.7. The van der Waals surface area contributed by atoms with Gasteiger partial charge in [0.25, 0.3) is 0 Å². The average molecular weight is 119 g/mol. The van der Waals surface area contributed by atoms with Crippen LogP contribution in [0.15, 0.2) is 0 Å². The quantitative estimate of drug-likeness (QED) is 0.481. The molecule has 0 aliphatic heterocycles. The average Bonchev–Trinajstić information content (AvgIpc) is 1.81. The SMILES string of the molecule is OC[CH]OCCCO. The van der Waals surface area contributed by atoms with Crippen LogP contribution >= 0.6 is 0 Å². The molecule has 1 radical (unpaired) electrons. The molecule has 3 heteroatoms. The van der Waals surface area contributed by atoms with Crippen molar-refractivity contribution in [1.29, 1.82) is 0 Å². The first-order chi connectivity index (χ1) is 3.91. The van der Waals surface area contributed by atoms with Gasteiger partial charge in [0.1, 0.15) is 6.61 Å². The monoisotopic (exact) mass is 119 g/mol. The van der Waals surface area contributed by atoms with E-state index < -0.39 is 0 Å². The molecule has 0 amide bonds. The maximum absolute atomic E-state index is 8.21. The Labute approximate surface area is 48.9 Å². The van der Waals surface area contributed by atoms with Gasteiger partial charge in [0, 0.05) is 13.2 Å². The molecule has 0 aromatic heterocycles. The molecule has 2 N–H and O–H groups in total. The lowest BCUT2D eigenvalue weighted by Crippen LogP contribution is -1.96. The predicted octanol–water partition coefficient (Wildman–Crippen LogP) is -0.461. The first kappa shape index (κ1) is 7.88. The van der Waals surface area contributed by atoms with E-state index in [1.54, 1.807) is 0 Å². The topological polar surface area (TPSA) is 49.7 Å². The first-order valence-corrected chi connectivity index (χ1v) is 2.57. The van der Waals surface area contributed by atoms with E-state index in [0.29, 0.717) is 13.0 Å². The Hall–Kier alpha value is -0.120. The van der Waals surface area contributed by atoms with Crippen molar-refractivity contribution in [1.82, 2.24) is 0 Å². The van der Waals surface area contributed by atoms with E-state index >= 15 is 0 Å². The number of rotatable bonds is 5. The van der Waals surface area contributed by atoms with Crippen LogP contribution in [0.2, 0.25) is 0 Å². The molecule has 0 aromatic rings. The smallest absolute Gasteiger partial charge is 0.109 e. The molecule has 0 aliphatic carbocycles. The van der Waals surface area contributed by atoms with Crippen molar-refractivity contribution < 1.29 is 14.9 Å². The van der Waals surface area contributed by atoms with Crippen LogP contribution in [0.25, 0.3) is 0 Å². The molecule has 0 aromatic carbocycles. The van der Waals surface area contributed by atoms with Crippen molar-refractivity contribution in [2.75, 3.05) is 19.8 Å². The van der Waals surface area contributed by atoms with Crippen molar-refractivity contribution in [2.45, 2.75) is 6.42 Å². The molecule has 0 bridgehead atoms. The third-order valence-electron chi connectivity index (χ3n) is 0.613. The second-order valence-corrected chi connectivity index (χ2v) is 1.30. The van der Waals surface area contributed by atoms with Gasteiger partial charge in [-0.05, 0) is 6.42 Å². The molecule has 0 unspecified atom stereocenters. The summed E-state index contributed by atoms with van der Waals surface area (Å²) in [6.07, 6.45) is 0.622. The molecular weight excluding hydrogens is 108 g/mol. The third-order valence-corrected chi connectivity index (χ3v) is 0.613. The second-order valence-electron chi connectivity index (χ2n) is 1.30. The van der Waals surface area contributed by atoms with Gasteiger partial charge in [-0.2, -0.15) is 0 Å². The molecule has 0 heterocycles. The van der Waals surface area contributed by atoms with E-state index in [1.807, 2.05) is 0 Å². The highest BCUT2D eigenvalue weighted by Gasteiger charge is 1.83. The summed E-state index contributed by atoms with van der Waals surface area (Å²) in [7, 11) is 0. The summed E-state index contributed by atoms with van der Waals surface area (Å²) in [6.45, 7) is 1.86. The Morgan fingerprint density at radius 1 is 1.38 bits per heavy atom. The van der Waals surface area contributed by atoms with Crippen molar-refractivity contribution in [2.24, 2.45) is 0 Å². The summed E-state index contributed by atoms with van der Waals surface area (Å²) in [6, 6.07) is 0. The van der Waals surface area contributed by atoms with Gasteiger partial charge in [-0.25, -0.2) is 0 Å². The minimum Gasteiger partial charge on any atom is -0.396 e. The third kappa shape index (κ3) is 5.88. The van der Waals surface area contributed by atoms with Crippen LogP contribution in [0.4, 0.5) is 0 Å². The Morgan fingerprint density at radius 3 is 2.62 bits per heavy atom. The van der Waals surface area contributed by atoms with E-state index in [9.17, 15) is 0 Å². The highest BCUT2D eigenvalue weighted by Crippen LogP contribution is 1.82. The van der Waals surface area contributed by atoms with Gasteiger partial charge in [-0.1, -0.05) is 0 Å². The Morgan fingerprint density at radius 2 is 2.12 bits per heavy atom. The van der Waals surface area contributed by atoms with E-state index in [-0.39, 0.29) is 13.2 Å². The van der Waals surface area contributed by atoms with Crippen molar-refractivity contribution in [3.05, 3.63) is 6.61 Å². The number of ether oxygens (including phenoxy) is 1. The Kier molecular flexibility index (Phi) is 6.78. The van der Waals surface area contributed by atoms with Gasteiger partial charge < -0.3 is 14.9 Å². The standard InChI is InChI=1S/C5H11O3/c6-2-1-4-8-5-3-7/h5-7H,1-4H2. The van der Waals surface area contributed by atoms with Crippen LogP contribution in [-0.4, -0.2) is 30.0 Å². The van der Waals surface area contributed by atoms with Crippen molar-refractivity contribution >= 4 is 0 Å². The van der Waals surface area contributed by atoms with Gasteiger partial charge in [0.05, 0.1) is 6.61 Å². The molecule has 3 nitrogen and oxygen atoms in total. The molecule has 0 aliphatic rings. The molecule has 0 fully saturated rings. The van der Waals surface area contributed by atoms with Gasteiger partial charge in [-0.3, -0.25) is 0 Å². The van der Waals surface area contributed by atoms with Crippen molar-refractivity contribution in [3.63, 3.8) is 0 Å². The van der Waals surface area contributed by atoms with E-state index in [2.05, 4.69) is 4.74 Å². The van der Waals surface area contributed by atoms with Gasteiger partial charge in [0.2, 0.25) is 0 Å². The normalized spacial score (nSPS) is 9.75. The predicted molar refractivity (Wildman–Crippen MR) is 29.0 cm³/mol. The summed E-state index contributed by atoms with van der Waals surface area (Å²) in [5.41, 5.74) is 0. The summed E-state index contributed by atoms with van der Waals surface area (Å²) in [5, 5.41) is 16.3. The maximum atomic E-state index is 8.21. The van der Waals surface area contributed by atoms with Crippen LogP contribution in [0.5, 0.6) is 0 Å². The lowest BCUT2D eigenvalue weighted by atomic mass is 10.5. The highest BCUT2D eigenvalue weighted by atomic mass is 16.5. The fourth-order valence-corrected chi connectivity index (χ4v) is 0.284. The van der Waals surface area contributed by atoms with E-state index in [4.69, 9.17) is 10.2 Å². The number of hydrogen-bond acceptors (Lipinski definition) is 3. The zero-order chi connectivity index (χ0) is 6.24. The molecular formula is C5H11O3.